The lowest BCUT2D eigenvalue weighted by Gasteiger charge is -2.25. The first-order valence-electron chi connectivity index (χ1n) is 6.28. The Kier molecular flexibility index (Phi) is 3.89. The van der Waals surface area contributed by atoms with Crippen LogP contribution < -0.4 is 5.32 Å². The molecule has 0 aliphatic carbocycles. The average molecular weight is 303 g/mol. The second-order valence-corrected chi connectivity index (χ2v) is 4.67. The molecule has 2 N–H and O–H groups in total. The molecule has 0 bridgehead atoms. The van der Waals surface area contributed by atoms with Crippen molar-refractivity contribution in [3.8, 4) is 0 Å². The summed E-state index contributed by atoms with van der Waals surface area (Å²) in [6.45, 7) is 1.97. The summed E-state index contributed by atoms with van der Waals surface area (Å²) in [5, 5.41) is 9.91. The van der Waals surface area contributed by atoms with Crippen LogP contribution in [0.15, 0.2) is 18.2 Å². The first kappa shape index (κ1) is 15.3. The fourth-order valence-corrected chi connectivity index (χ4v) is 2.34. The molecule has 4 nitrogen and oxygen atoms in total. The summed E-state index contributed by atoms with van der Waals surface area (Å²) in [5.41, 5.74) is -1.48. The third-order valence-electron chi connectivity index (χ3n) is 3.17. The van der Waals surface area contributed by atoms with E-state index in [9.17, 15) is 22.4 Å². The van der Waals surface area contributed by atoms with Crippen LogP contribution in [0.1, 0.15) is 30.5 Å². The minimum absolute atomic E-state index is 0.202. The van der Waals surface area contributed by atoms with Gasteiger partial charge in [-0.2, -0.15) is 13.2 Å². The molecule has 114 valence electrons. The van der Waals surface area contributed by atoms with Gasteiger partial charge in [0.15, 0.2) is 0 Å². The predicted molar refractivity (Wildman–Crippen MR) is 67.4 cm³/mol. The predicted octanol–water partition coefficient (Wildman–Crippen LogP) is 3.30. The zero-order valence-electron chi connectivity index (χ0n) is 11.1. The number of rotatable bonds is 3. The second kappa shape index (κ2) is 5.34. The smallest absolute Gasteiger partial charge is 0.310 e. The molecule has 0 aromatic heterocycles. The van der Waals surface area contributed by atoms with Crippen molar-refractivity contribution in [3.63, 3.8) is 0 Å². The molecule has 1 aliphatic rings. The number of nitrogens with one attached hydrogen (secondary N) is 2. The van der Waals surface area contributed by atoms with E-state index in [2.05, 4.69) is 5.32 Å². The minimum Gasteiger partial charge on any atom is -0.310 e. The first-order valence-corrected chi connectivity index (χ1v) is 6.28. The van der Waals surface area contributed by atoms with Crippen molar-refractivity contribution in [1.82, 2.24) is 10.2 Å². The van der Waals surface area contributed by atoms with Crippen molar-refractivity contribution in [2.75, 3.05) is 6.54 Å². The fraction of sp³-hybridized carbons (Fsp3) is 0.385. The first-order chi connectivity index (χ1) is 9.75. The molecule has 1 aliphatic heterocycles. The Bertz CT molecular complexity index is 585. The Morgan fingerprint density at radius 1 is 1.38 bits per heavy atom. The van der Waals surface area contributed by atoms with Crippen LogP contribution >= 0.6 is 0 Å². The maximum absolute atomic E-state index is 13.1. The quantitative estimate of drug-likeness (QED) is 0.827. The molecule has 1 saturated heterocycles. The van der Waals surface area contributed by atoms with Crippen molar-refractivity contribution in [1.29, 1.82) is 5.41 Å². The van der Waals surface area contributed by atoms with Crippen LogP contribution in [0.2, 0.25) is 0 Å². The van der Waals surface area contributed by atoms with Gasteiger partial charge >= 0.3 is 12.2 Å². The molecular weight excluding hydrogens is 290 g/mol. The van der Waals surface area contributed by atoms with Gasteiger partial charge in [-0.05, 0) is 24.1 Å². The SMILES string of the molecule is CCCN1C(=O)NC(=N)C1c1ccc(F)cc1C(F)(F)F. The maximum atomic E-state index is 13.1. The highest BCUT2D eigenvalue weighted by Crippen LogP contribution is 2.38. The number of halogens is 4. The summed E-state index contributed by atoms with van der Waals surface area (Å²) in [7, 11) is 0. The van der Waals surface area contributed by atoms with Gasteiger partial charge in [-0.25, -0.2) is 9.18 Å². The number of benzene rings is 1. The van der Waals surface area contributed by atoms with Gasteiger partial charge in [0.2, 0.25) is 0 Å². The standard InChI is InChI=1S/C13H13F4N3O/c1-2-5-20-10(11(18)19-12(20)21)8-4-3-7(14)6-9(8)13(15,16)17/h3-4,6,10H,2,5H2,1H3,(H2,18,19,21). The molecule has 0 saturated carbocycles. The van der Waals surface area contributed by atoms with Crippen LogP contribution in [0.3, 0.4) is 0 Å². The largest absolute Gasteiger partial charge is 0.416 e. The Morgan fingerprint density at radius 2 is 2.05 bits per heavy atom. The van der Waals surface area contributed by atoms with Crippen molar-refractivity contribution >= 4 is 11.9 Å². The third kappa shape index (κ3) is 2.84. The lowest BCUT2D eigenvalue weighted by atomic mass is 9.98. The zero-order valence-corrected chi connectivity index (χ0v) is 11.1. The second-order valence-electron chi connectivity index (χ2n) is 4.67. The number of alkyl halides is 3. The van der Waals surface area contributed by atoms with Crippen LogP contribution in [0.25, 0.3) is 0 Å². The summed E-state index contributed by atoms with van der Waals surface area (Å²) >= 11 is 0. The number of urea groups is 1. The monoisotopic (exact) mass is 303 g/mol. The van der Waals surface area contributed by atoms with Gasteiger partial charge in [-0.15, -0.1) is 0 Å². The van der Waals surface area contributed by atoms with Crippen LogP contribution in [-0.4, -0.2) is 23.3 Å². The molecule has 1 unspecified atom stereocenters. The van der Waals surface area contributed by atoms with Gasteiger partial charge in [0.25, 0.3) is 0 Å². The van der Waals surface area contributed by atoms with Crippen LogP contribution in [-0.2, 0) is 6.18 Å². The molecule has 1 aromatic carbocycles. The lowest BCUT2D eigenvalue weighted by molar-refractivity contribution is -0.138. The van der Waals surface area contributed by atoms with E-state index in [0.29, 0.717) is 12.5 Å². The molecule has 2 rings (SSSR count). The number of carbonyl (C=O) groups is 1. The number of amides is 2. The molecule has 21 heavy (non-hydrogen) atoms. The van der Waals surface area contributed by atoms with Crippen LogP contribution in [0.5, 0.6) is 0 Å². The molecule has 1 atom stereocenters. The summed E-state index contributed by atoms with van der Waals surface area (Å²) < 4.78 is 52.3. The van der Waals surface area contributed by atoms with Gasteiger partial charge < -0.3 is 4.90 Å². The topological polar surface area (TPSA) is 56.2 Å². The summed E-state index contributed by atoms with van der Waals surface area (Å²) in [6, 6.07) is 0.458. The van der Waals surface area contributed by atoms with E-state index in [4.69, 9.17) is 5.41 Å². The Balaban J connectivity index is 2.54. The highest BCUT2D eigenvalue weighted by molar-refractivity contribution is 6.06. The van der Waals surface area contributed by atoms with E-state index >= 15 is 0 Å². The van der Waals surface area contributed by atoms with E-state index in [1.165, 1.54) is 0 Å². The summed E-state index contributed by atoms with van der Waals surface area (Å²) in [4.78, 5) is 12.8. The molecule has 2 amide bonds. The molecule has 1 heterocycles. The van der Waals surface area contributed by atoms with E-state index in [1.807, 2.05) is 0 Å². The molecule has 8 heteroatoms. The Morgan fingerprint density at radius 3 is 2.62 bits per heavy atom. The summed E-state index contributed by atoms with van der Waals surface area (Å²) in [5.74, 6) is -1.36. The number of nitrogens with zero attached hydrogens (tertiary/aromatic N) is 1. The number of amidine groups is 1. The van der Waals surface area contributed by atoms with Crippen molar-refractivity contribution in [2.24, 2.45) is 0 Å². The summed E-state index contributed by atoms with van der Waals surface area (Å²) in [6.07, 6.45) is -4.24. The normalized spacial score (nSPS) is 19.1. The molecule has 0 spiro atoms. The van der Waals surface area contributed by atoms with E-state index < -0.39 is 29.6 Å². The number of hydrogen-bond acceptors (Lipinski definition) is 2. The molecule has 1 fully saturated rings. The lowest BCUT2D eigenvalue weighted by Crippen LogP contribution is -2.31. The van der Waals surface area contributed by atoms with Gasteiger partial charge in [0.05, 0.1) is 5.56 Å². The number of carbonyl (C=O) groups excluding carboxylic acids is 1. The molecule has 1 aromatic rings. The molecule has 0 radical (unpaired) electrons. The molecular formula is C13H13F4N3O. The van der Waals surface area contributed by atoms with E-state index in [-0.39, 0.29) is 17.9 Å². The highest BCUT2D eigenvalue weighted by atomic mass is 19.4. The third-order valence-corrected chi connectivity index (χ3v) is 3.17. The van der Waals surface area contributed by atoms with Crippen molar-refractivity contribution in [3.05, 3.63) is 35.1 Å². The maximum Gasteiger partial charge on any atom is 0.416 e. The average Bonchev–Trinajstić information content (AvgIpc) is 2.64. The van der Waals surface area contributed by atoms with Crippen LogP contribution in [0, 0.1) is 11.2 Å². The van der Waals surface area contributed by atoms with Gasteiger partial charge in [0, 0.05) is 6.54 Å². The van der Waals surface area contributed by atoms with Crippen LogP contribution in [0.4, 0.5) is 22.4 Å². The fourth-order valence-electron chi connectivity index (χ4n) is 2.34. The van der Waals surface area contributed by atoms with Gasteiger partial charge in [-0.3, -0.25) is 10.7 Å². The van der Waals surface area contributed by atoms with Gasteiger partial charge in [-0.1, -0.05) is 13.0 Å². The Labute approximate surface area is 118 Å². The van der Waals surface area contributed by atoms with Crippen molar-refractivity contribution < 1.29 is 22.4 Å². The van der Waals surface area contributed by atoms with E-state index in [0.717, 1.165) is 17.0 Å². The van der Waals surface area contributed by atoms with Crippen molar-refractivity contribution in [2.45, 2.75) is 25.6 Å². The minimum atomic E-state index is -4.76. The van der Waals surface area contributed by atoms with E-state index in [1.54, 1.807) is 6.92 Å². The van der Waals surface area contributed by atoms with Gasteiger partial charge in [0.1, 0.15) is 17.7 Å². The Hall–Kier alpha value is -2.12. The zero-order chi connectivity index (χ0) is 15.8. The number of hydrogen-bond donors (Lipinski definition) is 2. The highest BCUT2D eigenvalue weighted by Gasteiger charge is 2.42.